The van der Waals surface area contributed by atoms with E-state index in [-0.39, 0.29) is 24.5 Å². The molecule has 148 valence electrons. The van der Waals surface area contributed by atoms with Crippen molar-refractivity contribution in [1.29, 1.82) is 0 Å². The van der Waals surface area contributed by atoms with Gasteiger partial charge in [-0.3, -0.25) is 4.79 Å². The quantitative estimate of drug-likeness (QED) is 0.354. The molecule has 0 fully saturated rings. The van der Waals surface area contributed by atoms with Gasteiger partial charge in [-0.05, 0) is 36.2 Å². The van der Waals surface area contributed by atoms with Crippen LogP contribution in [-0.4, -0.2) is 20.6 Å². The van der Waals surface area contributed by atoms with Crippen LogP contribution in [0.4, 0.5) is 0 Å². The van der Waals surface area contributed by atoms with Crippen molar-refractivity contribution in [3.63, 3.8) is 0 Å². The maximum Gasteiger partial charge on any atom is 0.343 e. The van der Waals surface area contributed by atoms with E-state index in [1.54, 1.807) is 17.6 Å². The monoisotopic (exact) mass is 474 g/mol. The Balaban J connectivity index is 1.84. The second-order valence-corrected chi connectivity index (χ2v) is 8.50. The number of cyclic esters (lactones) is 1. The summed E-state index contributed by atoms with van der Waals surface area (Å²) in [5.74, 6) is -0.450. The normalized spacial score (nSPS) is 19.7. The molecule has 0 saturated heterocycles. The van der Waals surface area contributed by atoms with Crippen LogP contribution in [0.15, 0.2) is 33.5 Å². The molecule has 3 aromatic rings. The molecule has 0 amide bonds. The third-order valence-electron chi connectivity index (χ3n) is 5.90. The summed E-state index contributed by atoms with van der Waals surface area (Å²) in [6.45, 7) is 1.88. The summed E-state index contributed by atoms with van der Waals surface area (Å²) in [6.07, 6.45) is 0.112. The minimum Gasteiger partial charge on any atom is -0.458 e. The van der Waals surface area contributed by atoms with Gasteiger partial charge in [0, 0.05) is 26.9 Å². The first-order valence-electron chi connectivity index (χ1n) is 9.23. The topological polar surface area (TPSA) is 81.4 Å². The van der Waals surface area contributed by atoms with Gasteiger partial charge in [-0.25, -0.2) is 9.78 Å². The molecule has 8 heteroatoms. The molecule has 5 rings (SSSR count). The van der Waals surface area contributed by atoms with Gasteiger partial charge in [0.2, 0.25) is 0 Å². The Morgan fingerprint density at radius 3 is 2.83 bits per heavy atom. The van der Waals surface area contributed by atoms with Crippen molar-refractivity contribution in [3.8, 4) is 11.4 Å². The third-order valence-corrected chi connectivity index (χ3v) is 6.66. The predicted octanol–water partition coefficient (Wildman–Crippen LogP) is 3.58. The number of esters is 1. The van der Waals surface area contributed by atoms with E-state index in [1.165, 1.54) is 0 Å². The van der Waals surface area contributed by atoms with Crippen molar-refractivity contribution in [3.05, 3.63) is 61.3 Å². The zero-order valence-electron chi connectivity index (χ0n) is 15.5. The van der Waals surface area contributed by atoms with Gasteiger partial charge in [0.1, 0.15) is 6.61 Å². The number of aromatic nitrogens is 2. The number of alkyl halides is 1. The minimum atomic E-state index is -1.83. The summed E-state index contributed by atoms with van der Waals surface area (Å²) in [5.41, 5.74) is 2.34. The number of benzene rings is 1. The van der Waals surface area contributed by atoms with Gasteiger partial charge in [-0.15, -0.1) is 11.6 Å². The highest BCUT2D eigenvalue weighted by Crippen LogP contribution is 2.40. The summed E-state index contributed by atoms with van der Waals surface area (Å²) in [5, 5.41) is 11.9. The number of rotatable bonds is 2. The van der Waals surface area contributed by atoms with E-state index in [9.17, 15) is 14.7 Å². The Kier molecular flexibility index (Phi) is 4.14. The molecule has 2 aliphatic rings. The average Bonchev–Trinajstić information content (AvgIpc) is 3.08. The summed E-state index contributed by atoms with van der Waals surface area (Å²) in [4.78, 5) is 30.3. The molecule has 0 aliphatic carbocycles. The highest BCUT2D eigenvalue weighted by molar-refractivity contribution is 9.10. The molecule has 6 nitrogen and oxygen atoms in total. The summed E-state index contributed by atoms with van der Waals surface area (Å²) in [7, 11) is 0. The maximum atomic E-state index is 13.2. The van der Waals surface area contributed by atoms with Crippen LogP contribution >= 0.6 is 27.5 Å². The molecular formula is C21H16BrClN2O4. The molecule has 0 unspecified atom stereocenters. The molecule has 1 N–H and O–H groups in total. The van der Waals surface area contributed by atoms with Crippen LogP contribution in [0.1, 0.15) is 35.6 Å². The molecule has 0 saturated carbocycles. The number of ether oxygens (including phenoxy) is 1. The maximum absolute atomic E-state index is 13.2. The fourth-order valence-electron chi connectivity index (χ4n) is 4.29. The average molecular weight is 476 g/mol. The van der Waals surface area contributed by atoms with Gasteiger partial charge in [0.05, 0.1) is 29.0 Å². The highest BCUT2D eigenvalue weighted by atomic mass is 79.9. The van der Waals surface area contributed by atoms with E-state index in [0.29, 0.717) is 29.1 Å². The molecule has 0 radical (unpaired) electrons. The van der Waals surface area contributed by atoms with Crippen LogP contribution in [-0.2, 0) is 34.2 Å². The van der Waals surface area contributed by atoms with Crippen LogP contribution in [0.5, 0.6) is 0 Å². The third kappa shape index (κ3) is 2.47. The molecule has 0 spiro atoms. The zero-order valence-corrected chi connectivity index (χ0v) is 17.8. The number of nitrogens with zero attached hydrogens (tertiary/aromatic N) is 2. The number of hydrogen-bond acceptors (Lipinski definition) is 5. The van der Waals surface area contributed by atoms with E-state index in [1.807, 2.05) is 18.2 Å². The van der Waals surface area contributed by atoms with Crippen LogP contribution < -0.4 is 5.56 Å². The number of carbonyl (C=O) groups excluding carboxylic acids is 1. The van der Waals surface area contributed by atoms with Gasteiger partial charge in [0.25, 0.3) is 5.56 Å². The highest BCUT2D eigenvalue weighted by Gasteiger charge is 2.45. The lowest BCUT2D eigenvalue weighted by Crippen LogP contribution is -2.44. The Hall–Kier alpha value is -2.22. The lowest BCUT2D eigenvalue weighted by atomic mass is 9.86. The van der Waals surface area contributed by atoms with Crippen molar-refractivity contribution in [1.82, 2.24) is 9.55 Å². The summed E-state index contributed by atoms with van der Waals surface area (Å²) < 4.78 is 7.65. The summed E-state index contributed by atoms with van der Waals surface area (Å²) >= 11 is 9.79. The lowest BCUT2D eigenvalue weighted by Gasteiger charge is -2.31. The van der Waals surface area contributed by atoms with Crippen molar-refractivity contribution in [2.75, 3.05) is 0 Å². The Labute approximate surface area is 179 Å². The molecule has 4 heterocycles. The summed E-state index contributed by atoms with van der Waals surface area (Å²) in [6, 6.07) is 7.48. The fraction of sp³-hybridized carbons (Fsp3) is 0.286. The Bertz CT molecular complexity index is 1290. The van der Waals surface area contributed by atoms with Gasteiger partial charge in [0.15, 0.2) is 5.60 Å². The number of hydrogen-bond donors (Lipinski definition) is 1. The first kappa shape index (κ1) is 18.8. The fourth-order valence-corrected chi connectivity index (χ4v) is 4.95. The zero-order chi connectivity index (χ0) is 20.5. The van der Waals surface area contributed by atoms with E-state index in [4.69, 9.17) is 21.3 Å². The van der Waals surface area contributed by atoms with E-state index in [0.717, 1.165) is 26.5 Å². The molecular weight excluding hydrogens is 460 g/mol. The van der Waals surface area contributed by atoms with Crippen molar-refractivity contribution >= 4 is 44.4 Å². The minimum absolute atomic E-state index is 0.112. The van der Waals surface area contributed by atoms with Gasteiger partial charge in [-0.1, -0.05) is 22.9 Å². The lowest BCUT2D eigenvalue weighted by molar-refractivity contribution is -0.172. The van der Waals surface area contributed by atoms with Gasteiger partial charge >= 0.3 is 5.97 Å². The van der Waals surface area contributed by atoms with Crippen molar-refractivity contribution in [2.45, 2.75) is 38.0 Å². The number of halogens is 2. The number of fused-ring (bicyclic) bond motifs is 5. The predicted molar refractivity (Wildman–Crippen MR) is 112 cm³/mol. The van der Waals surface area contributed by atoms with E-state index in [2.05, 4.69) is 15.9 Å². The van der Waals surface area contributed by atoms with Crippen LogP contribution in [0.25, 0.3) is 22.3 Å². The Morgan fingerprint density at radius 1 is 1.31 bits per heavy atom. The molecule has 0 bridgehead atoms. The molecule has 1 atom stereocenters. The van der Waals surface area contributed by atoms with Gasteiger partial charge < -0.3 is 14.4 Å². The van der Waals surface area contributed by atoms with Crippen LogP contribution in [0.3, 0.4) is 0 Å². The molecule has 29 heavy (non-hydrogen) atoms. The van der Waals surface area contributed by atoms with Gasteiger partial charge in [-0.2, -0.15) is 0 Å². The van der Waals surface area contributed by atoms with Crippen molar-refractivity contribution < 1.29 is 14.6 Å². The van der Waals surface area contributed by atoms with Crippen LogP contribution in [0, 0.1) is 0 Å². The second kappa shape index (κ2) is 6.39. The molecule has 2 aliphatic heterocycles. The van der Waals surface area contributed by atoms with Crippen molar-refractivity contribution in [2.24, 2.45) is 0 Å². The largest absolute Gasteiger partial charge is 0.458 e. The molecule has 1 aromatic carbocycles. The van der Waals surface area contributed by atoms with E-state index < -0.39 is 11.6 Å². The first-order valence-corrected chi connectivity index (χ1v) is 10.6. The van der Waals surface area contributed by atoms with Crippen LogP contribution in [0.2, 0.25) is 0 Å². The first-order chi connectivity index (χ1) is 13.9. The standard InChI is InChI=1S/C21H16BrClN2O4/c1-2-21(28)15-6-17-18-13(8-25(17)19(26)14(15)9-29-20(21)27)12(7-23)11-5-10(22)3-4-16(11)24-18/h3-6,28H,2,7-9H2,1H3/t21-/m0/s1. The van der Waals surface area contributed by atoms with E-state index >= 15 is 0 Å². The number of pyridine rings is 2. The Morgan fingerprint density at radius 2 is 2.10 bits per heavy atom. The molecule has 2 aromatic heterocycles. The second-order valence-electron chi connectivity index (χ2n) is 7.32. The smallest absolute Gasteiger partial charge is 0.343 e. The number of carbonyl (C=O) groups is 1. The number of aliphatic hydroxyl groups is 1. The SMILES string of the molecule is CC[C@@]1(O)C(=O)OCc2c1cc1n(c2=O)Cc2c-1nc1ccc(Br)cc1c2CCl.